The van der Waals surface area contributed by atoms with Crippen LogP contribution in [0.2, 0.25) is 0 Å². The number of nitrogens with one attached hydrogen (secondary N) is 1. The number of carbonyl (C=O) groups is 1. The highest BCUT2D eigenvalue weighted by Crippen LogP contribution is 2.28. The van der Waals surface area contributed by atoms with E-state index in [1.165, 1.54) is 7.11 Å². The molecule has 1 N–H and O–H groups in total. The molecule has 0 unspecified atom stereocenters. The van der Waals surface area contributed by atoms with Crippen molar-refractivity contribution < 1.29 is 9.53 Å². The molecular weight excluding hydrogens is 354 g/mol. The Balaban J connectivity index is 1.83. The third kappa shape index (κ3) is 2.31. The van der Waals surface area contributed by atoms with E-state index in [1.807, 2.05) is 48.5 Å². The first-order valence-corrected chi connectivity index (χ1v) is 8.78. The summed E-state index contributed by atoms with van der Waals surface area (Å²) in [6.45, 7) is 0. The summed E-state index contributed by atoms with van der Waals surface area (Å²) >= 11 is 0. The summed E-state index contributed by atoms with van der Waals surface area (Å²) in [5.41, 5.74) is 4.04. The number of hydrogen-bond donors (Lipinski definition) is 1. The van der Waals surface area contributed by atoms with Crippen molar-refractivity contribution in [2.24, 2.45) is 0 Å². The number of H-pyrrole nitrogens is 1. The molecule has 3 aromatic carbocycles. The van der Waals surface area contributed by atoms with Gasteiger partial charge in [-0.2, -0.15) is 0 Å². The van der Waals surface area contributed by atoms with Gasteiger partial charge in [-0.25, -0.2) is 14.2 Å². The first kappa shape index (κ1) is 16.3. The highest BCUT2D eigenvalue weighted by Gasteiger charge is 2.15. The molecular formula is C22H15N3O3. The van der Waals surface area contributed by atoms with Crippen LogP contribution in [0.25, 0.3) is 38.8 Å². The SMILES string of the molecule is COC(=O)c1ccccc1-c1ccc2[nH]c3nc4ccccc4c(=O)n3c2c1. The highest BCUT2D eigenvalue weighted by atomic mass is 16.5. The molecule has 0 radical (unpaired) electrons. The number of benzene rings is 3. The molecule has 0 spiro atoms. The summed E-state index contributed by atoms with van der Waals surface area (Å²) in [5.74, 6) is 0.0801. The molecule has 0 bridgehead atoms. The van der Waals surface area contributed by atoms with E-state index >= 15 is 0 Å². The lowest BCUT2D eigenvalue weighted by Crippen LogP contribution is -2.13. The summed E-state index contributed by atoms with van der Waals surface area (Å²) in [5, 5.41) is 0.557. The standard InChI is InChI=1S/C22H15N3O3/c1-28-21(27)15-7-3-2-6-14(15)13-10-11-18-19(12-13)25-20(26)16-8-4-5-9-17(16)23-22(25)24-18/h2-12H,1H3,(H,23,24). The molecule has 6 heteroatoms. The second-order valence-electron chi connectivity index (χ2n) is 6.49. The number of fused-ring (bicyclic) bond motifs is 4. The summed E-state index contributed by atoms with van der Waals surface area (Å²) in [4.78, 5) is 33.0. The average molecular weight is 369 g/mol. The zero-order valence-electron chi connectivity index (χ0n) is 15.0. The third-order valence-corrected chi connectivity index (χ3v) is 4.90. The maximum absolute atomic E-state index is 13.1. The monoisotopic (exact) mass is 369 g/mol. The number of hydrogen-bond acceptors (Lipinski definition) is 4. The van der Waals surface area contributed by atoms with Crippen molar-refractivity contribution in [1.82, 2.24) is 14.4 Å². The van der Waals surface area contributed by atoms with Crippen molar-refractivity contribution in [2.75, 3.05) is 7.11 Å². The number of methoxy groups -OCH3 is 1. The fourth-order valence-electron chi connectivity index (χ4n) is 3.57. The van der Waals surface area contributed by atoms with Gasteiger partial charge in [-0.15, -0.1) is 0 Å². The molecule has 2 aromatic heterocycles. The van der Waals surface area contributed by atoms with Gasteiger partial charge in [0.2, 0.25) is 5.78 Å². The van der Waals surface area contributed by atoms with Crippen LogP contribution in [0, 0.1) is 0 Å². The van der Waals surface area contributed by atoms with Crippen LogP contribution in [0.4, 0.5) is 0 Å². The number of aromatic nitrogens is 3. The Labute approximate surface area is 159 Å². The molecule has 0 saturated carbocycles. The number of ether oxygens (including phenoxy) is 1. The summed E-state index contributed by atoms with van der Waals surface area (Å²) in [6, 6.07) is 20.2. The average Bonchev–Trinajstić information content (AvgIpc) is 3.11. The summed E-state index contributed by atoms with van der Waals surface area (Å²) in [6.07, 6.45) is 0. The van der Waals surface area contributed by atoms with Gasteiger partial charge in [-0.05, 0) is 41.5 Å². The molecule has 0 saturated heterocycles. The van der Waals surface area contributed by atoms with Crippen LogP contribution in [0.3, 0.4) is 0 Å². The predicted octanol–water partition coefficient (Wildman–Crippen LogP) is 3.78. The van der Waals surface area contributed by atoms with Gasteiger partial charge in [-0.1, -0.05) is 36.4 Å². The van der Waals surface area contributed by atoms with Crippen LogP contribution in [-0.4, -0.2) is 27.4 Å². The summed E-state index contributed by atoms with van der Waals surface area (Å²) in [7, 11) is 1.36. The van der Waals surface area contributed by atoms with Gasteiger partial charge in [-0.3, -0.25) is 4.79 Å². The van der Waals surface area contributed by atoms with E-state index in [0.717, 1.165) is 16.6 Å². The molecule has 0 amide bonds. The molecule has 28 heavy (non-hydrogen) atoms. The van der Waals surface area contributed by atoms with Gasteiger partial charge in [0.1, 0.15) is 0 Å². The maximum Gasteiger partial charge on any atom is 0.338 e. The van der Waals surface area contributed by atoms with Crippen molar-refractivity contribution in [1.29, 1.82) is 0 Å². The topological polar surface area (TPSA) is 76.5 Å². The fraction of sp³-hybridized carbons (Fsp3) is 0.0455. The molecule has 6 nitrogen and oxygen atoms in total. The van der Waals surface area contributed by atoms with Crippen LogP contribution in [0.15, 0.2) is 71.5 Å². The van der Waals surface area contributed by atoms with Gasteiger partial charge < -0.3 is 9.72 Å². The number of esters is 1. The Morgan fingerprint density at radius 3 is 2.68 bits per heavy atom. The van der Waals surface area contributed by atoms with Crippen molar-refractivity contribution in [2.45, 2.75) is 0 Å². The van der Waals surface area contributed by atoms with Gasteiger partial charge >= 0.3 is 5.97 Å². The first-order valence-electron chi connectivity index (χ1n) is 8.78. The smallest absolute Gasteiger partial charge is 0.338 e. The Morgan fingerprint density at radius 2 is 1.82 bits per heavy atom. The molecule has 5 rings (SSSR count). The third-order valence-electron chi connectivity index (χ3n) is 4.90. The van der Waals surface area contributed by atoms with Crippen LogP contribution in [-0.2, 0) is 4.74 Å². The van der Waals surface area contributed by atoms with E-state index in [0.29, 0.717) is 27.8 Å². The number of para-hydroxylation sites is 1. The van der Waals surface area contributed by atoms with Crippen LogP contribution >= 0.6 is 0 Å². The lowest BCUT2D eigenvalue weighted by atomic mass is 9.99. The molecule has 0 aliphatic heterocycles. The molecule has 0 fully saturated rings. The quantitative estimate of drug-likeness (QED) is 0.481. The molecule has 0 aliphatic rings. The first-order chi connectivity index (χ1) is 13.7. The van der Waals surface area contributed by atoms with E-state index in [1.54, 1.807) is 22.6 Å². The van der Waals surface area contributed by atoms with E-state index in [2.05, 4.69) is 9.97 Å². The second kappa shape index (κ2) is 6.06. The van der Waals surface area contributed by atoms with Gasteiger partial charge in [0.15, 0.2) is 0 Å². The zero-order chi connectivity index (χ0) is 19.3. The second-order valence-corrected chi connectivity index (χ2v) is 6.49. The van der Waals surface area contributed by atoms with Crippen LogP contribution < -0.4 is 5.56 Å². The van der Waals surface area contributed by atoms with Gasteiger partial charge in [0, 0.05) is 0 Å². The predicted molar refractivity (Wildman–Crippen MR) is 108 cm³/mol. The number of nitrogens with zero attached hydrogens (tertiary/aromatic N) is 2. The van der Waals surface area contributed by atoms with E-state index in [9.17, 15) is 9.59 Å². The van der Waals surface area contributed by atoms with Crippen molar-refractivity contribution in [3.05, 3.63) is 82.6 Å². The Bertz CT molecular complexity index is 1450. The van der Waals surface area contributed by atoms with Crippen molar-refractivity contribution in [3.63, 3.8) is 0 Å². The minimum absolute atomic E-state index is 0.134. The minimum atomic E-state index is -0.403. The van der Waals surface area contributed by atoms with E-state index < -0.39 is 5.97 Å². The fourth-order valence-corrected chi connectivity index (χ4v) is 3.57. The van der Waals surface area contributed by atoms with E-state index in [-0.39, 0.29) is 5.56 Å². The van der Waals surface area contributed by atoms with Crippen molar-refractivity contribution in [3.8, 4) is 11.1 Å². The Morgan fingerprint density at radius 1 is 1.04 bits per heavy atom. The lowest BCUT2D eigenvalue weighted by molar-refractivity contribution is 0.0601. The van der Waals surface area contributed by atoms with Crippen molar-refractivity contribution >= 4 is 33.7 Å². The van der Waals surface area contributed by atoms with Crippen LogP contribution in [0.1, 0.15) is 10.4 Å². The number of aromatic amines is 1. The minimum Gasteiger partial charge on any atom is -0.465 e. The maximum atomic E-state index is 13.1. The van der Waals surface area contributed by atoms with Gasteiger partial charge in [0.05, 0.1) is 34.6 Å². The molecule has 136 valence electrons. The molecule has 0 atom stereocenters. The molecule has 0 aliphatic carbocycles. The number of carbonyl (C=O) groups excluding carboxylic acids is 1. The highest BCUT2D eigenvalue weighted by molar-refractivity contribution is 5.98. The Kier molecular flexibility index (Phi) is 3.52. The van der Waals surface area contributed by atoms with Gasteiger partial charge in [0.25, 0.3) is 5.56 Å². The Hall–Kier alpha value is -3.93. The largest absolute Gasteiger partial charge is 0.465 e. The number of rotatable bonds is 2. The normalized spacial score (nSPS) is 11.3. The summed E-state index contributed by atoms with van der Waals surface area (Å²) < 4.78 is 6.47. The van der Waals surface area contributed by atoms with Crippen LogP contribution in [0.5, 0.6) is 0 Å². The van der Waals surface area contributed by atoms with E-state index in [4.69, 9.17) is 4.74 Å². The molecule has 5 aromatic rings. The zero-order valence-corrected chi connectivity index (χ0v) is 15.0. The lowest BCUT2D eigenvalue weighted by Gasteiger charge is -2.08. The molecule has 2 heterocycles. The number of imidazole rings is 1.